The Bertz CT molecular complexity index is 697. The van der Waals surface area contributed by atoms with Crippen LogP contribution in [0.25, 0.3) is 0 Å². The Morgan fingerprint density at radius 1 is 1.35 bits per heavy atom. The highest BCUT2D eigenvalue weighted by molar-refractivity contribution is 6.42. The summed E-state index contributed by atoms with van der Waals surface area (Å²) in [4.78, 5) is 24.0. The van der Waals surface area contributed by atoms with Crippen LogP contribution in [0.5, 0.6) is 0 Å². The summed E-state index contributed by atoms with van der Waals surface area (Å²) in [5.74, 6) is -1.96. The molecule has 1 amide bonds. The molecule has 0 aliphatic carbocycles. The van der Waals surface area contributed by atoms with Crippen LogP contribution in [0.3, 0.4) is 0 Å². The molecular formula is C16H18FN3O3. The molecule has 2 N–H and O–H groups in total. The minimum atomic E-state index is -1.05. The average molecular weight is 319 g/mol. The average Bonchev–Trinajstić information content (AvgIpc) is 3.03. The molecule has 0 saturated heterocycles. The molecule has 2 atom stereocenters. The molecule has 0 saturated carbocycles. The van der Waals surface area contributed by atoms with Crippen LogP contribution in [0.1, 0.15) is 35.9 Å². The number of halogens is 1. The highest BCUT2D eigenvalue weighted by Crippen LogP contribution is 2.17. The molecule has 1 aromatic heterocycles. The summed E-state index contributed by atoms with van der Waals surface area (Å²) in [5, 5.41) is 16.5. The van der Waals surface area contributed by atoms with Gasteiger partial charge >= 0.3 is 0 Å². The largest absolute Gasteiger partial charge is 0.386 e. The fraction of sp³-hybridized carbons (Fsp3) is 0.312. The second-order valence-electron chi connectivity index (χ2n) is 5.17. The highest BCUT2D eigenvalue weighted by Gasteiger charge is 2.23. The number of hydrogen-bond donors (Lipinski definition) is 2. The Kier molecular flexibility index (Phi) is 5.23. The maximum absolute atomic E-state index is 12.9. The smallest absolute Gasteiger partial charge is 0.292 e. The van der Waals surface area contributed by atoms with Crippen molar-refractivity contribution in [2.24, 2.45) is 0 Å². The number of benzene rings is 1. The van der Waals surface area contributed by atoms with E-state index < -0.39 is 29.7 Å². The first kappa shape index (κ1) is 16.8. The van der Waals surface area contributed by atoms with Crippen LogP contribution >= 0.6 is 0 Å². The molecule has 2 aromatic rings. The zero-order valence-electron chi connectivity index (χ0n) is 12.9. The van der Waals surface area contributed by atoms with Gasteiger partial charge in [0.05, 0.1) is 23.9 Å². The summed E-state index contributed by atoms with van der Waals surface area (Å²) in [6.45, 7) is 4.02. The number of aliphatic hydroxyl groups excluding tert-OH is 1. The summed E-state index contributed by atoms with van der Waals surface area (Å²) in [6.07, 6.45) is 1.76. The number of rotatable bonds is 6. The van der Waals surface area contributed by atoms with Gasteiger partial charge in [-0.05, 0) is 31.5 Å². The van der Waals surface area contributed by atoms with Gasteiger partial charge in [0.1, 0.15) is 5.82 Å². The van der Waals surface area contributed by atoms with E-state index in [9.17, 15) is 19.1 Å². The zero-order valence-corrected chi connectivity index (χ0v) is 12.9. The summed E-state index contributed by atoms with van der Waals surface area (Å²) in [5.41, 5.74) is 0.637. The summed E-state index contributed by atoms with van der Waals surface area (Å²) >= 11 is 0. The van der Waals surface area contributed by atoms with E-state index in [2.05, 4.69) is 10.4 Å². The highest BCUT2D eigenvalue weighted by atomic mass is 19.1. The van der Waals surface area contributed by atoms with Crippen molar-refractivity contribution in [3.05, 3.63) is 53.6 Å². The van der Waals surface area contributed by atoms with Gasteiger partial charge in [-0.3, -0.25) is 14.3 Å². The number of Topliss-reactive ketones (excluding diaryl/α,β-unsaturated/α-hetero) is 1. The van der Waals surface area contributed by atoms with Gasteiger partial charge in [-0.25, -0.2) is 4.39 Å². The van der Waals surface area contributed by atoms with E-state index in [-0.39, 0.29) is 5.56 Å². The van der Waals surface area contributed by atoms with Gasteiger partial charge in [0.15, 0.2) is 0 Å². The van der Waals surface area contributed by atoms with Crippen LogP contribution in [-0.4, -0.2) is 32.6 Å². The third-order valence-electron chi connectivity index (χ3n) is 3.47. The Balaban J connectivity index is 2.00. The molecule has 122 valence electrons. The molecule has 2 unspecified atom stereocenters. The van der Waals surface area contributed by atoms with Crippen LogP contribution in [-0.2, 0) is 11.3 Å². The number of aryl methyl sites for hydroxylation is 1. The third kappa shape index (κ3) is 4.01. The molecule has 23 heavy (non-hydrogen) atoms. The predicted molar refractivity (Wildman–Crippen MR) is 81.2 cm³/mol. The predicted octanol–water partition coefficient (Wildman–Crippen LogP) is 1.46. The molecule has 0 bridgehead atoms. The van der Waals surface area contributed by atoms with Crippen LogP contribution in [0, 0.1) is 5.82 Å². The van der Waals surface area contributed by atoms with Crippen molar-refractivity contribution in [1.82, 2.24) is 15.1 Å². The molecule has 6 nitrogen and oxygen atoms in total. The van der Waals surface area contributed by atoms with E-state index in [1.807, 2.05) is 6.92 Å². The molecule has 2 rings (SSSR count). The van der Waals surface area contributed by atoms with Crippen LogP contribution < -0.4 is 5.32 Å². The van der Waals surface area contributed by atoms with Crippen LogP contribution in [0.4, 0.5) is 4.39 Å². The van der Waals surface area contributed by atoms with E-state index in [4.69, 9.17) is 0 Å². The van der Waals surface area contributed by atoms with E-state index in [0.29, 0.717) is 12.1 Å². The summed E-state index contributed by atoms with van der Waals surface area (Å²) in [7, 11) is 0. The van der Waals surface area contributed by atoms with E-state index in [1.54, 1.807) is 6.92 Å². The second kappa shape index (κ2) is 7.15. The number of carbonyl (C=O) groups excluding carboxylic acids is 2. The lowest BCUT2D eigenvalue weighted by molar-refractivity contribution is -0.118. The van der Waals surface area contributed by atoms with Crippen molar-refractivity contribution >= 4 is 11.7 Å². The molecular weight excluding hydrogens is 301 g/mol. The first-order valence-corrected chi connectivity index (χ1v) is 7.23. The third-order valence-corrected chi connectivity index (χ3v) is 3.47. The maximum atomic E-state index is 12.9. The summed E-state index contributed by atoms with van der Waals surface area (Å²) < 4.78 is 14.4. The van der Waals surface area contributed by atoms with Crippen molar-refractivity contribution in [1.29, 1.82) is 0 Å². The van der Waals surface area contributed by atoms with Crippen molar-refractivity contribution in [3.63, 3.8) is 0 Å². The van der Waals surface area contributed by atoms with Crippen molar-refractivity contribution in [3.8, 4) is 0 Å². The van der Waals surface area contributed by atoms with E-state index in [1.165, 1.54) is 41.3 Å². The minimum absolute atomic E-state index is 0.188. The Morgan fingerprint density at radius 3 is 2.57 bits per heavy atom. The minimum Gasteiger partial charge on any atom is -0.386 e. The van der Waals surface area contributed by atoms with Crippen molar-refractivity contribution < 1.29 is 19.1 Å². The van der Waals surface area contributed by atoms with Gasteiger partial charge in [-0.15, -0.1) is 0 Å². The van der Waals surface area contributed by atoms with Gasteiger partial charge in [-0.2, -0.15) is 5.10 Å². The Morgan fingerprint density at radius 2 is 2.00 bits per heavy atom. The monoisotopic (exact) mass is 319 g/mol. The Labute approximate surface area is 132 Å². The number of hydrogen-bond acceptors (Lipinski definition) is 4. The molecule has 0 aliphatic rings. The maximum Gasteiger partial charge on any atom is 0.292 e. The Hall–Kier alpha value is -2.54. The first-order valence-electron chi connectivity index (χ1n) is 7.23. The molecule has 7 heteroatoms. The number of aromatic nitrogens is 2. The topological polar surface area (TPSA) is 84.2 Å². The van der Waals surface area contributed by atoms with Gasteiger partial charge in [-0.1, -0.05) is 12.1 Å². The van der Waals surface area contributed by atoms with Gasteiger partial charge in [0, 0.05) is 12.7 Å². The number of aliphatic hydroxyl groups is 1. The number of amides is 1. The van der Waals surface area contributed by atoms with Crippen LogP contribution in [0.15, 0.2) is 36.7 Å². The number of nitrogens with one attached hydrogen (secondary N) is 1. The SMILES string of the molecule is CCn1cc(C(=O)C(=O)NC(C)C(O)c2ccc(F)cc2)cn1. The lowest BCUT2D eigenvalue weighted by Gasteiger charge is -2.20. The fourth-order valence-corrected chi connectivity index (χ4v) is 2.08. The van der Waals surface area contributed by atoms with Gasteiger partial charge in [0.25, 0.3) is 11.7 Å². The second-order valence-corrected chi connectivity index (χ2v) is 5.17. The standard InChI is InChI=1S/C16H18FN3O3/c1-3-20-9-12(8-18-20)15(22)16(23)19-10(2)14(21)11-4-6-13(17)7-5-11/h4-10,14,21H,3H2,1-2H3,(H,19,23). The zero-order chi connectivity index (χ0) is 17.0. The number of carbonyl (C=O) groups is 2. The summed E-state index contributed by atoms with van der Waals surface area (Å²) in [6, 6.07) is 4.58. The van der Waals surface area contributed by atoms with E-state index >= 15 is 0 Å². The number of nitrogens with zero attached hydrogens (tertiary/aromatic N) is 2. The normalized spacial score (nSPS) is 13.4. The van der Waals surface area contributed by atoms with Crippen molar-refractivity contribution in [2.45, 2.75) is 32.5 Å². The fourth-order valence-electron chi connectivity index (χ4n) is 2.08. The van der Waals surface area contributed by atoms with Gasteiger partial charge in [0.2, 0.25) is 0 Å². The molecule has 0 fully saturated rings. The molecule has 1 aromatic carbocycles. The number of ketones is 1. The van der Waals surface area contributed by atoms with E-state index in [0.717, 1.165) is 0 Å². The molecule has 0 radical (unpaired) electrons. The first-order chi connectivity index (χ1) is 10.9. The lowest BCUT2D eigenvalue weighted by atomic mass is 10.0. The molecule has 1 heterocycles. The molecule has 0 aliphatic heterocycles. The van der Waals surface area contributed by atoms with Gasteiger partial charge < -0.3 is 10.4 Å². The quantitative estimate of drug-likeness (QED) is 0.624. The lowest BCUT2D eigenvalue weighted by Crippen LogP contribution is -2.40. The van der Waals surface area contributed by atoms with Crippen LogP contribution in [0.2, 0.25) is 0 Å². The molecule has 0 spiro atoms. The van der Waals surface area contributed by atoms with Crippen molar-refractivity contribution in [2.75, 3.05) is 0 Å².